The van der Waals surface area contributed by atoms with Gasteiger partial charge in [-0.15, -0.1) is 11.8 Å². The number of carbonyl (C=O) groups excluding carboxylic acids is 1. The summed E-state index contributed by atoms with van der Waals surface area (Å²) in [6.45, 7) is 2.98. The number of rotatable bonds is 10. The van der Waals surface area contributed by atoms with E-state index in [0.717, 1.165) is 23.4 Å². The van der Waals surface area contributed by atoms with E-state index in [1.807, 2.05) is 48.5 Å². The van der Waals surface area contributed by atoms with Crippen molar-refractivity contribution in [1.82, 2.24) is 5.32 Å². The molecule has 0 saturated heterocycles. The molecule has 1 N–H and O–H groups in total. The van der Waals surface area contributed by atoms with Crippen molar-refractivity contribution in [2.75, 3.05) is 6.54 Å². The van der Waals surface area contributed by atoms with Crippen LogP contribution < -0.4 is 5.32 Å². The van der Waals surface area contributed by atoms with Gasteiger partial charge in [0.15, 0.2) is 0 Å². The van der Waals surface area contributed by atoms with Crippen LogP contribution >= 0.6 is 11.8 Å². The Kier molecular flexibility index (Phi) is 8.47. The molecule has 1 amide bonds. The largest absolute Gasteiger partial charge is 0.355 e. The molecule has 3 heteroatoms. The van der Waals surface area contributed by atoms with Gasteiger partial charge in [0, 0.05) is 11.4 Å². The van der Waals surface area contributed by atoms with Gasteiger partial charge in [0.1, 0.15) is 5.25 Å². The Morgan fingerprint density at radius 1 is 0.917 bits per heavy atom. The van der Waals surface area contributed by atoms with Crippen LogP contribution in [0.4, 0.5) is 0 Å². The van der Waals surface area contributed by atoms with Gasteiger partial charge in [-0.05, 0) is 24.1 Å². The highest BCUT2D eigenvalue weighted by atomic mass is 32.2. The van der Waals surface area contributed by atoms with Crippen LogP contribution in [0.15, 0.2) is 65.6 Å². The van der Waals surface area contributed by atoms with Crippen LogP contribution in [0.5, 0.6) is 0 Å². The van der Waals surface area contributed by atoms with E-state index in [9.17, 15) is 4.79 Å². The Balaban J connectivity index is 1.94. The highest BCUT2D eigenvalue weighted by Crippen LogP contribution is 2.35. The van der Waals surface area contributed by atoms with Gasteiger partial charge in [-0.2, -0.15) is 0 Å². The minimum absolute atomic E-state index is 0.102. The first kappa shape index (κ1) is 18.6. The van der Waals surface area contributed by atoms with Crippen LogP contribution in [-0.2, 0) is 4.79 Å². The summed E-state index contributed by atoms with van der Waals surface area (Å²) in [5.41, 5.74) is 1.05. The third-order valence-corrected chi connectivity index (χ3v) is 5.18. The molecule has 0 bridgehead atoms. The molecule has 0 spiro atoms. The van der Waals surface area contributed by atoms with Gasteiger partial charge in [-0.1, -0.05) is 81.1 Å². The second kappa shape index (κ2) is 10.9. The molecule has 2 nitrogen and oxygen atoms in total. The predicted octanol–water partition coefficient (Wildman–Crippen LogP) is 5.61. The highest BCUT2D eigenvalue weighted by Gasteiger charge is 2.21. The third-order valence-electron chi connectivity index (χ3n) is 3.92. The van der Waals surface area contributed by atoms with Gasteiger partial charge in [0.2, 0.25) is 5.91 Å². The van der Waals surface area contributed by atoms with E-state index in [1.54, 1.807) is 11.8 Å². The molecule has 0 saturated carbocycles. The van der Waals surface area contributed by atoms with E-state index in [0.29, 0.717) is 0 Å². The van der Waals surface area contributed by atoms with Crippen LogP contribution in [0.2, 0.25) is 0 Å². The van der Waals surface area contributed by atoms with Crippen molar-refractivity contribution in [3.8, 4) is 0 Å². The molecule has 0 fully saturated rings. The van der Waals surface area contributed by atoms with E-state index >= 15 is 0 Å². The number of unbranched alkanes of at least 4 members (excludes halogenated alkanes) is 4. The van der Waals surface area contributed by atoms with Gasteiger partial charge in [0.05, 0.1) is 0 Å². The van der Waals surface area contributed by atoms with Crippen molar-refractivity contribution in [1.29, 1.82) is 0 Å². The number of nitrogens with one attached hydrogen (secondary N) is 1. The van der Waals surface area contributed by atoms with E-state index < -0.39 is 0 Å². The fourth-order valence-electron chi connectivity index (χ4n) is 2.57. The zero-order valence-electron chi connectivity index (χ0n) is 14.4. The molecule has 0 aromatic heterocycles. The number of amides is 1. The monoisotopic (exact) mass is 341 g/mol. The second-order valence-electron chi connectivity index (χ2n) is 5.93. The lowest BCUT2D eigenvalue weighted by Gasteiger charge is -2.17. The van der Waals surface area contributed by atoms with Crippen LogP contribution in [0, 0.1) is 0 Å². The standard InChI is InChI=1S/C21H27NOS/c1-2-3-4-5-12-17-22-21(23)20(18-13-8-6-9-14-18)24-19-15-10-7-11-16-19/h6-11,13-16,20H,2-5,12,17H2,1H3,(H,22,23)/t20-/m0/s1. The summed E-state index contributed by atoms with van der Waals surface area (Å²) in [4.78, 5) is 13.8. The summed E-state index contributed by atoms with van der Waals surface area (Å²) in [7, 11) is 0. The van der Waals surface area contributed by atoms with E-state index in [2.05, 4.69) is 24.4 Å². The Morgan fingerprint density at radius 3 is 2.21 bits per heavy atom. The first-order valence-electron chi connectivity index (χ1n) is 8.85. The first-order chi connectivity index (χ1) is 11.8. The van der Waals surface area contributed by atoms with Crippen molar-refractivity contribution in [3.63, 3.8) is 0 Å². The topological polar surface area (TPSA) is 29.1 Å². The minimum Gasteiger partial charge on any atom is -0.355 e. The molecular formula is C21H27NOS. The Labute approximate surface area is 150 Å². The maximum absolute atomic E-state index is 12.7. The van der Waals surface area contributed by atoms with E-state index in [4.69, 9.17) is 0 Å². The maximum Gasteiger partial charge on any atom is 0.237 e. The molecule has 0 aliphatic carbocycles. The minimum atomic E-state index is -0.204. The second-order valence-corrected chi connectivity index (χ2v) is 7.11. The number of carbonyl (C=O) groups is 1. The molecule has 128 valence electrons. The zero-order valence-corrected chi connectivity index (χ0v) is 15.2. The van der Waals surface area contributed by atoms with E-state index in [-0.39, 0.29) is 11.2 Å². The number of hydrogen-bond donors (Lipinski definition) is 1. The first-order valence-corrected chi connectivity index (χ1v) is 9.73. The lowest BCUT2D eigenvalue weighted by atomic mass is 10.1. The van der Waals surface area contributed by atoms with Crippen molar-refractivity contribution in [2.24, 2.45) is 0 Å². The van der Waals surface area contributed by atoms with Gasteiger partial charge in [-0.25, -0.2) is 0 Å². The summed E-state index contributed by atoms with van der Waals surface area (Å²) < 4.78 is 0. The van der Waals surface area contributed by atoms with Crippen LogP contribution in [-0.4, -0.2) is 12.5 Å². The lowest BCUT2D eigenvalue weighted by molar-refractivity contribution is -0.120. The fourth-order valence-corrected chi connectivity index (χ4v) is 3.64. The lowest BCUT2D eigenvalue weighted by Crippen LogP contribution is -2.28. The normalized spacial score (nSPS) is 11.9. The smallest absolute Gasteiger partial charge is 0.237 e. The molecule has 0 radical (unpaired) electrons. The van der Waals surface area contributed by atoms with E-state index in [1.165, 1.54) is 25.7 Å². The van der Waals surface area contributed by atoms with Gasteiger partial charge < -0.3 is 5.32 Å². The summed E-state index contributed by atoms with van der Waals surface area (Å²) in [6.07, 6.45) is 6.03. The van der Waals surface area contributed by atoms with Crippen molar-refractivity contribution in [3.05, 3.63) is 66.2 Å². The number of thioether (sulfide) groups is 1. The summed E-state index contributed by atoms with van der Waals surface area (Å²) >= 11 is 1.61. The van der Waals surface area contributed by atoms with Gasteiger partial charge in [-0.3, -0.25) is 4.79 Å². The highest BCUT2D eigenvalue weighted by molar-refractivity contribution is 8.00. The molecule has 0 unspecified atom stereocenters. The maximum atomic E-state index is 12.7. The average Bonchev–Trinajstić information content (AvgIpc) is 2.64. The van der Waals surface area contributed by atoms with Crippen LogP contribution in [0.25, 0.3) is 0 Å². The molecule has 2 aromatic rings. The Hall–Kier alpha value is -1.74. The molecule has 0 aliphatic rings. The molecule has 2 aromatic carbocycles. The Morgan fingerprint density at radius 2 is 1.54 bits per heavy atom. The molecule has 0 aliphatic heterocycles. The summed E-state index contributed by atoms with van der Waals surface area (Å²) in [5.74, 6) is 0.102. The van der Waals surface area contributed by atoms with Crippen LogP contribution in [0.1, 0.15) is 49.8 Å². The van der Waals surface area contributed by atoms with Crippen molar-refractivity contribution < 1.29 is 4.79 Å². The molecule has 1 atom stereocenters. The SMILES string of the molecule is CCCCCCCNC(=O)[C@@H](Sc1ccccc1)c1ccccc1. The molecule has 0 heterocycles. The molecule has 2 rings (SSSR count). The number of hydrogen-bond acceptors (Lipinski definition) is 2. The summed E-state index contributed by atoms with van der Waals surface area (Å²) in [5, 5.41) is 2.91. The van der Waals surface area contributed by atoms with Crippen LogP contribution in [0.3, 0.4) is 0 Å². The zero-order chi connectivity index (χ0) is 17.0. The third kappa shape index (κ3) is 6.40. The van der Waals surface area contributed by atoms with Crippen molar-refractivity contribution >= 4 is 17.7 Å². The Bertz CT molecular complexity index is 585. The van der Waals surface area contributed by atoms with Gasteiger partial charge in [0.25, 0.3) is 0 Å². The van der Waals surface area contributed by atoms with Crippen molar-refractivity contribution in [2.45, 2.75) is 49.2 Å². The fraction of sp³-hybridized carbons (Fsp3) is 0.381. The summed E-state index contributed by atoms with van der Waals surface area (Å²) in [6, 6.07) is 20.2. The molecular weight excluding hydrogens is 314 g/mol. The molecule has 24 heavy (non-hydrogen) atoms. The predicted molar refractivity (Wildman–Crippen MR) is 103 cm³/mol. The van der Waals surface area contributed by atoms with Gasteiger partial charge >= 0.3 is 0 Å². The quantitative estimate of drug-likeness (QED) is 0.450. The number of benzene rings is 2. The average molecular weight is 342 g/mol.